The SMILES string of the molecule is C=CC.CC.Cc1ccc2nc(Cc3cc(F)c(-c4cccc(OCc5ccc(C)nc5F)n4)cc3F)n(C3COCC3(C)C)c2c1. The van der Waals surface area contributed by atoms with Crippen LogP contribution < -0.4 is 4.74 Å². The van der Waals surface area contributed by atoms with Crippen LogP contribution in [0.25, 0.3) is 22.3 Å². The van der Waals surface area contributed by atoms with E-state index >= 15 is 8.78 Å². The van der Waals surface area contributed by atoms with Crippen molar-refractivity contribution in [1.29, 1.82) is 0 Å². The average molecular weight is 645 g/mol. The molecule has 1 aliphatic rings. The zero-order valence-corrected chi connectivity index (χ0v) is 28.2. The van der Waals surface area contributed by atoms with Gasteiger partial charge in [-0.25, -0.2) is 23.7 Å². The molecule has 4 heterocycles. The fourth-order valence-corrected chi connectivity index (χ4v) is 5.45. The molecule has 9 heteroatoms. The highest BCUT2D eigenvalue weighted by Crippen LogP contribution is 2.40. The van der Waals surface area contributed by atoms with E-state index in [1.165, 1.54) is 6.07 Å². The van der Waals surface area contributed by atoms with Gasteiger partial charge in [-0.05, 0) is 74.4 Å². The third kappa shape index (κ3) is 8.08. The molecule has 0 N–H and O–H groups in total. The number of benzene rings is 2. The molecule has 47 heavy (non-hydrogen) atoms. The van der Waals surface area contributed by atoms with Crippen LogP contribution in [0, 0.1) is 36.8 Å². The molecular formula is C38H43F3N4O2. The summed E-state index contributed by atoms with van der Waals surface area (Å²) in [5.74, 6) is -1.00. The first-order chi connectivity index (χ1) is 22.5. The highest BCUT2D eigenvalue weighted by Gasteiger charge is 2.39. The molecule has 2 aromatic carbocycles. The van der Waals surface area contributed by atoms with Gasteiger partial charge in [-0.2, -0.15) is 4.39 Å². The van der Waals surface area contributed by atoms with E-state index in [2.05, 4.69) is 41.0 Å². The Balaban J connectivity index is 0.000000947. The Morgan fingerprint density at radius 2 is 1.70 bits per heavy atom. The number of halogens is 3. The zero-order valence-electron chi connectivity index (χ0n) is 28.2. The van der Waals surface area contributed by atoms with Crippen LogP contribution in [0.5, 0.6) is 5.88 Å². The molecule has 1 atom stereocenters. The summed E-state index contributed by atoms with van der Waals surface area (Å²) in [6, 6.07) is 16.4. The monoisotopic (exact) mass is 644 g/mol. The molecule has 1 saturated heterocycles. The number of aromatic nitrogens is 4. The molecule has 0 bridgehead atoms. The number of imidazole rings is 1. The predicted octanol–water partition coefficient (Wildman–Crippen LogP) is 9.51. The summed E-state index contributed by atoms with van der Waals surface area (Å²) in [6.07, 6.45) is 1.86. The second-order valence-electron chi connectivity index (χ2n) is 12.0. The summed E-state index contributed by atoms with van der Waals surface area (Å²) >= 11 is 0. The number of rotatable bonds is 7. The van der Waals surface area contributed by atoms with Gasteiger partial charge in [0.05, 0.1) is 36.0 Å². The molecule has 6 rings (SSSR count). The molecule has 1 unspecified atom stereocenters. The number of nitrogens with zero attached hydrogens (tertiary/aromatic N) is 4. The third-order valence-corrected chi connectivity index (χ3v) is 7.81. The van der Waals surface area contributed by atoms with Gasteiger partial charge in [0, 0.05) is 34.7 Å². The Hall–Kier alpha value is -4.50. The first-order valence-electron chi connectivity index (χ1n) is 15.8. The van der Waals surface area contributed by atoms with E-state index in [-0.39, 0.29) is 52.7 Å². The van der Waals surface area contributed by atoms with Crippen LogP contribution >= 0.6 is 0 Å². The molecular weight excluding hydrogens is 601 g/mol. The Morgan fingerprint density at radius 1 is 0.957 bits per heavy atom. The molecule has 1 aliphatic heterocycles. The fraction of sp³-hybridized carbons (Fsp3) is 0.342. The fourth-order valence-electron chi connectivity index (χ4n) is 5.45. The van der Waals surface area contributed by atoms with Crippen LogP contribution in [0.15, 0.2) is 73.3 Å². The van der Waals surface area contributed by atoms with E-state index in [0.29, 0.717) is 24.7 Å². The van der Waals surface area contributed by atoms with Crippen molar-refractivity contribution in [3.05, 3.63) is 119 Å². The molecule has 1 fully saturated rings. The van der Waals surface area contributed by atoms with Crippen LogP contribution in [0.3, 0.4) is 0 Å². The summed E-state index contributed by atoms with van der Waals surface area (Å²) in [5.41, 5.74) is 3.91. The molecule has 5 aromatic rings. The Morgan fingerprint density at radius 3 is 2.38 bits per heavy atom. The Kier molecular flexibility index (Phi) is 11.6. The van der Waals surface area contributed by atoms with Crippen molar-refractivity contribution >= 4 is 11.0 Å². The van der Waals surface area contributed by atoms with E-state index in [0.717, 1.165) is 22.7 Å². The van der Waals surface area contributed by atoms with Crippen LogP contribution in [-0.4, -0.2) is 32.7 Å². The summed E-state index contributed by atoms with van der Waals surface area (Å²) < 4.78 is 58.8. The first kappa shape index (κ1) is 35.4. The standard InChI is InChI=1S/C33H31F3N4O2.C3H6.C2H6/c1-19-8-11-27-28(12-19)40(29-17-41-18-33(29,3)4)30(38-27)14-22-13-25(35)23(15-24(22)34)26-6-5-7-31(39-26)42-16-21-10-9-20(2)37-32(21)36;1-3-2;1-2/h5-13,15,29H,14,16-18H2,1-4H3;3H,1H2,2H3;1-2H3. The quantitative estimate of drug-likeness (QED) is 0.130. The van der Waals surface area contributed by atoms with Crippen LogP contribution in [-0.2, 0) is 17.8 Å². The van der Waals surface area contributed by atoms with Crippen molar-refractivity contribution in [2.45, 2.75) is 67.5 Å². The highest BCUT2D eigenvalue weighted by molar-refractivity contribution is 5.77. The minimum Gasteiger partial charge on any atom is -0.473 e. The summed E-state index contributed by atoms with van der Waals surface area (Å²) in [6.45, 7) is 18.3. The topological polar surface area (TPSA) is 62.1 Å². The Bertz CT molecular complexity index is 1850. The van der Waals surface area contributed by atoms with Gasteiger partial charge in [-0.1, -0.05) is 45.9 Å². The lowest BCUT2D eigenvalue weighted by atomic mass is 9.87. The van der Waals surface area contributed by atoms with Crippen molar-refractivity contribution < 1.29 is 22.6 Å². The van der Waals surface area contributed by atoms with E-state index in [1.807, 2.05) is 39.8 Å². The predicted molar refractivity (Wildman–Crippen MR) is 181 cm³/mol. The number of pyridine rings is 2. The molecule has 3 aromatic heterocycles. The van der Waals surface area contributed by atoms with Crippen molar-refractivity contribution in [2.24, 2.45) is 5.41 Å². The largest absolute Gasteiger partial charge is 0.473 e. The molecule has 6 nitrogen and oxygen atoms in total. The normalized spacial score (nSPS) is 15.0. The van der Waals surface area contributed by atoms with Crippen LogP contribution in [0.2, 0.25) is 0 Å². The maximum atomic E-state index is 15.6. The second kappa shape index (κ2) is 15.4. The van der Waals surface area contributed by atoms with Crippen molar-refractivity contribution in [2.75, 3.05) is 13.2 Å². The second-order valence-corrected chi connectivity index (χ2v) is 12.0. The lowest BCUT2D eigenvalue weighted by Gasteiger charge is -2.28. The van der Waals surface area contributed by atoms with Crippen LogP contribution in [0.1, 0.15) is 68.9 Å². The molecule has 0 radical (unpaired) electrons. The maximum Gasteiger partial charge on any atom is 0.219 e. The van der Waals surface area contributed by atoms with Crippen molar-refractivity contribution in [3.8, 4) is 17.1 Å². The van der Waals surface area contributed by atoms with E-state index in [9.17, 15) is 4.39 Å². The van der Waals surface area contributed by atoms with E-state index in [4.69, 9.17) is 14.5 Å². The van der Waals surface area contributed by atoms with Gasteiger partial charge in [-0.3, -0.25) is 0 Å². The van der Waals surface area contributed by atoms with E-state index in [1.54, 1.807) is 43.3 Å². The van der Waals surface area contributed by atoms with Gasteiger partial charge in [0.25, 0.3) is 0 Å². The molecule has 0 spiro atoms. The zero-order chi connectivity index (χ0) is 34.3. The number of aryl methyl sites for hydroxylation is 2. The minimum atomic E-state index is -0.623. The molecule has 0 amide bonds. The smallest absolute Gasteiger partial charge is 0.219 e. The lowest BCUT2D eigenvalue weighted by molar-refractivity contribution is 0.166. The maximum absolute atomic E-state index is 15.6. The van der Waals surface area contributed by atoms with Gasteiger partial charge in [0.2, 0.25) is 11.8 Å². The van der Waals surface area contributed by atoms with Gasteiger partial charge in [0.15, 0.2) is 0 Å². The van der Waals surface area contributed by atoms with Crippen LogP contribution in [0.4, 0.5) is 13.2 Å². The number of allylic oxidation sites excluding steroid dienone is 1. The summed E-state index contributed by atoms with van der Waals surface area (Å²) in [4.78, 5) is 13.0. The summed E-state index contributed by atoms with van der Waals surface area (Å²) in [7, 11) is 0. The van der Waals surface area contributed by atoms with Gasteiger partial charge in [-0.15, -0.1) is 6.58 Å². The van der Waals surface area contributed by atoms with Gasteiger partial charge in [0.1, 0.15) is 24.1 Å². The third-order valence-electron chi connectivity index (χ3n) is 7.81. The van der Waals surface area contributed by atoms with E-state index < -0.39 is 17.6 Å². The molecule has 248 valence electrons. The van der Waals surface area contributed by atoms with Gasteiger partial charge < -0.3 is 14.0 Å². The number of hydrogen-bond acceptors (Lipinski definition) is 5. The Labute approximate surface area is 275 Å². The molecule has 0 saturated carbocycles. The first-order valence-corrected chi connectivity index (χ1v) is 15.8. The minimum absolute atomic E-state index is 0.000614. The highest BCUT2D eigenvalue weighted by atomic mass is 19.1. The number of fused-ring (bicyclic) bond motifs is 1. The molecule has 0 aliphatic carbocycles. The number of hydrogen-bond donors (Lipinski definition) is 0. The van der Waals surface area contributed by atoms with Gasteiger partial charge >= 0.3 is 0 Å². The lowest BCUT2D eigenvalue weighted by Crippen LogP contribution is -2.27. The number of ether oxygens (including phenoxy) is 2. The average Bonchev–Trinajstić information content (AvgIpc) is 3.57. The summed E-state index contributed by atoms with van der Waals surface area (Å²) in [5, 5.41) is 0. The van der Waals surface area contributed by atoms with Crippen molar-refractivity contribution in [3.63, 3.8) is 0 Å². The van der Waals surface area contributed by atoms with Crippen molar-refractivity contribution in [1.82, 2.24) is 19.5 Å².